The van der Waals surface area contributed by atoms with Crippen molar-refractivity contribution >= 4 is 55.2 Å². The van der Waals surface area contributed by atoms with Crippen molar-refractivity contribution in [3.63, 3.8) is 0 Å². The molecule has 1 aliphatic carbocycles. The molecule has 23 heavy (non-hydrogen) atoms. The third-order valence-corrected chi connectivity index (χ3v) is 8.04. The van der Waals surface area contributed by atoms with E-state index in [1.807, 2.05) is 6.26 Å². The Kier molecular flexibility index (Phi) is 16.7. The maximum Gasteiger partial charge on any atom is 0.187 e. The molecule has 1 rings (SSSR count). The fourth-order valence-corrected chi connectivity index (χ4v) is 5.89. The van der Waals surface area contributed by atoms with E-state index in [0.717, 1.165) is 0 Å². The molecule has 0 unspecified atom stereocenters. The van der Waals surface area contributed by atoms with Crippen molar-refractivity contribution < 1.29 is 4.79 Å². The molecule has 0 saturated carbocycles. The summed E-state index contributed by atoms with van der Waals surface area (Å²) in [7, 11) is 0. The number of carbonyl (C=O) groups excluding carboxylic acids is 1. The van der Waals surface area contributed by atoms with Crippen LogP contribution in [0.4, 0.5) is 0 Å². The van der Waals surface area contributed by atoms with E-state index < -0.39 is 0 Å². The minimum Gasteiger partial charge on any atom is -0.485 e. The van der Waals surface area contributed by atoms with Crippen molar-refractivity contribution in [3.8, 4) is 0 Å². The first-order valence-electron chi connectivity index (χ1n) is 8.01. The number of hydrogen-bond acceptors (Lipinski definition) is 3. The predicted molar refractivity (Wildman–Crippen MR) is 110 cm³/mol. The Morgan fingerprint density at radius 1 is 1.26 bits per heavy atom. The average molecular weight is 459 g/mol. The van der Waals surface area contributed by atoms with Crippen molar-refractivity contribution in [2.24, 2.45) is 0 Å². The summed E-state index contributed by atoms with van der Waals surface area (Å²) >= 11 is 5.62. The number of nitrogens with one attached hydrogen (secondary N) is 1. The van der Waals surface area contributed by atoms with Gasteiger partial charge in [-0.1, -0.05) is 23.9 Å². The number of ketones is 1. The topological polar surface area (TPSA) is 43.2 Å². The number of unbranched alkanes of at least 4 members (excludes halogenated alkanes) is 2. The van der Waals surface area contributed by atoms with E-state index in [-0.39, 0.29) is 26.9 Å². The molecule has 0 atom stereocenters. The molecule has 0 aliphatic heterocycles. The van der Waals surface area contributed by atoms with Gasteiger partial charge in [0, 0.05) is 5.57 Å². The molecule has 6 heteroatoms. The molecule has 0 spiro atoms. The molecule has 0 amide bonds. The molecule has 0 heterocycles. The van der Waals surface area contributed by atoms with E-state index in [9.17, 15) is 4.79 Å². The van der Waals surface area contributed by atoms with E-state index in [1.165, 1.54) is 43.5 Å². The number of rotatable bonds is 8. The number of carbonyl (C=O) groups is 1. The second kappa shape index (κ2) is 16.7. The van der Waals surface area contributed by atoms with E-state index in [4.69, 9.17) is 0 Å². The Bertz CT molecular complexity index is 428. The third-order valence-electron chi connectivity index (χ3n) is 2.90. The van der Waals surface area contributed by atoms with E-state index in [0.29, 0.717) is 9.89 Å². The molecule has 1 N–H and O–H groups in total. The number of allylic oxidation sites excluding steroid dienone is 5. The third kappa shape index (κ3) is 14.0. The quantitative estimate of drug-likeness (QED) is 0.112. The van der Waals surface area contributed by atoms with Crippen LogP contribution in [0.2, 0.25) is 8.87 Å². The Balaban J connectivity index is 0.000000468. The average Bonchev–Trinajstić information content (AvgIpc) is 2.57. The van der Waals surface area contributed by atoms with Gasteiger partial charge >= 0.3 is 69.5 Å². The number of nitrogens with zero attached hydrogens (tertiary/aromatic N) is 1. The largest absolute Gasteiger partial charge is 0.485 e. The number of thiol groups is 1. The van der Waals surface area contributed by atoms with Crippen LogP contribution in [0, 0.1) is 0 Å². The Hall–Kier alpha value is -0.111. The Morgan fingerprint density at radius 3 is 2.39 bits per heavy atom. The van der Waals surface area contributed by atoms with Crippen molar-refractivity contribution in [1.82, 2.24) is 5.43 Å². The van der Waals surface area contributed by atoms with E-state index in [1.54, 1.807) is 33.3 Å². The van der Waals surface area contributed by atoms with Gasteiger partial charge in [-0.25, -0.2) is 0 Å². The first-order chi connectivity index (χ1) is 11.2. The van der Waals surface area contributed by atoms with E-state index in [2.05, 4.69) is 36.9 Å². The van der Waals surface area contributed by atoms with Crippen LogP contribution in [0.25, 0.3) is 5.43 Å². The van der Waals surface area contributed by atoms with Crippen molar-refractivity contribution in [3.05, 3.63) is 41.5 Å². The monoisotopic (exact) mass is 460 g/mol. The van der Waals surface area contributed by atoms with Crippen LogP contribution in [-0.4, -0.2) is 37.5 Å². The van der Waals surface area contributed by atoms with Gasteiger partial charge in [0.15, 0.2) is 10.1 Å². The second-order valence-corrected chi connectivity index (χ2v) is 10.7. The molecule has 1 aliphatic rings. The zero-order valence-electron chi connectivity index (χ0n) is 14.3. The van der Waals surface area contributed by atoms with Gasteiger partial charge in [0.2, 0.25) is 0 Å². The van der Waals surface area contributed by atoms with Crippen LogP contribution in [0.15, 0.2) is 36.1 Å². The SMILES string of the molecule is CCC[CH2][Sn][CH2]CCC.CSC(=[SH+])[N-]NC=C1C=CC=CC1=O. The van der Waals surface area contributed by atoms with Gasteiger partial charge in [0.1, 0.15) is 12.2 Å². The molecule has 0 aromatic carbocycles. The molecule has 0 aromatic rings. The summed E-state index contributed by atoms with van der Waals surface area (Å²) in [4.78, 5) is 11.2. The number of thioether (sulfide) groups is 1. The smallest absolute Gasteiger partial charge is 0.187 e. The molecule has 0 fully saturated rings. The summed E-state index contributed by atoms with van der Waals surface area (Å²) in [6, 6.07) is 0. The van der Waals surface area contributed by atoms with Crippen LogP contribution in [0.3, 0.4) is 0 Å². The van der Waals surface area contributed by atoms with Crippen molar-refractivity contribution in [2.75, 3.05) is 6.26 Å². The normalized spacial score (nSPS) is 14.6. The summed E-state index contributed by atoms with van der Waals surface area (Å²) in [5.41, 5.74) is 7.12. The molecule has 0 bridgehead atoms. The van der Waals surface area contributed by atoms with Crippen LogP contribution < -0.4 is 5.43 Å². The zero-order chi connectivity index (χ0) is 17.3. The molecular weight excluding hydrogens is 431 g/mol. The second-order valence-electron chi connectivity index (χ2n) is 4.87. The Morgan fingerprint density at radius 2 is 1.87 bits per heavy atom. The van der Waals surface area contributed by atoms with Gasteiger partial charge in [-0.2, -0.15) is 0 Å². The van der Waals surface area contributed by atoms with Crippen LogP contribution >= 0.6 is 11.8 Å². The molecule has 0 saturated heterocycles. The molecular formula is C17H28N2OS2Sn. The fraction of sp³-hybridized carbons (Fsp3) is 0.529. The summed E-state index contributed by atoms with van der Waals surface area (Å²) < 4.78 is 3.87. The Labute approximate surface area is 161 Å². The first-order valence-corrected chi connectivity index (χ1v) is 13.7. The molecule has 3 nitrogen and oxygen atoms in total. The van der Waals surface area contributed by atoms with Crippen molar-refractivity contribution in [1.29, 1.82) is 0 Å². The summed E-state index contributed by atoms with van der Waals surface area (Å²) in [6.07, 6.45) is 16.0. The summed E-state index contributed by atoms with van der Waals surface area (Å²) in [6.45, 7) is 4.58. The first kappa shape index (κ1) is 22.9. The zero-order valence-corrected chi connectivity index (χ0v) is 18.9. The molecule has 128 valence electrons. The maximum atomic E-state index is 11.2. The molecule has 0 aromatic heterocycles. The molecule has 2 radical (unpaired) electrons. The van der Waals surface area contributed by atoms with Crippen LogP contribution in [0.1, 0.15) is 39.5 Å². The standard InChI is InChI=1S/C9H10N2OS2.2C4H9.Sn/c1-14-9(13)11-10-6-7-4-2-3-5-8(7)12;2*1-3-4-2;/h2-6H,1H3,(H2,10,11,12,13);2*1,3-4H2,2H3;. The van der Waals surface area contributed by atoms with Crippen LogP contribution in [0.5, 0.6) is 0 Å². The van der Waals surface area contributed by atoms with Gasteiger partial charge in [-0.15, -0.1) is 0 Å². The van der Waals surface area contributed by atoms with Gasteiger partial charge in [-0.3, -0.25) is 4.79 Å². The van der Waals surface area contributed by atoms with Gasteiger partial charge in [0.25, 0.3) is 0 Å². The summed E-state index contributed by atoms with van der Waals surface area (Å²) in [5, 5.41) is 0. The minimum absolute atomic E-state index is 0.0277. The van der Waals surface area contributed by atoms with Gasteiger partial charge in [0.05, 0.1) is 0 Å². The minimum atomic E-state index is -0.0277. The predicted octanol–water partition coefficient (Wildman–Crippen LogP) is 4.30. The summed E-state index contributed by atoms with van der Waals surface area (Å²) in [5.74, 6) is -0.0277. The van der Waals surface area contributed by atoms with Gasteiger partial charge < -0.3 is 10.9 Å². The maximum absolute atomic E-state index is 11.2. The van der Waals surface area contributed by atoms with E-state index >= 15 is 0 Å². The van der Waals surface area contributed by atoms with Gasteiger partial charge in [-0.05, 0) is 24.6 Å². The van der Waals surface area contributed by atoms with Crippen LogP contribution in [-0.2, 0) is 17.0 Å². The van der Waals surface area contributed by atoms with Crippen molar-refractivity contribution in [2.45, 2.75) is 48.4 Å². The fourth-order valence-electron chi connectivity index (χ4n) is 1.53. The number of hydrogen-bond donors (Lipinski definition) is 1.